The van der Waals surface area contributed by atoms with Crippen LogP contribution in [0.4, 0.5) is 11.4 Å². The average Bonchev–Trinajstić information content (AvgIpc) is 2.27. The smallest absolute Gasteiger partial charge is 0.288 e. The maximum absolute atomic E-state index is 10.8. The van der Waals surface area contributed by atoms with E-state index in [4.69, 9.17) is 11.6 Å². The molecule has 1 aromatic rings. The molecule has 2 rings (SSSR count). The number of hydrogen-bond acceptors (Lipinski definition) is 4. The topological polar surface area (TPSA) is 75.4 Å². The summed E-state index contributed by atoms with van der Waals surface area (Å²) >= 11 is 5.89. The van der Waals surface area contributed by atoms with E-state index in [1.54, 1.807) is 13.0 Å². The molecule has 0 aliphatic heterocycles. The highest BCUT2D eigenvalue weighted by molar-refractivity contribution is 6.33. The number of rotatable bonds is 4. The molecule has 18 heavy (non-hydrogen) atoms. The van der Waals surface area contributed by atoms with Crippen LogP contribution in [-0.2, 0) is 0 Å². The number of nitro benzene ring substituents is 1. The third-order valence-corrected chi connectivity index (χ3v) is 3.81. The van der Waals surface area contributed by atoms with Crippen molar-refractivity contribution < 1.29 is 10.0 Å². The van der Waals surface area contributed by atoms with Crippen LogP contribution in [0.15, 0.2) is 12.1 Å². The molecule has 2 N–H and O–H groups in total. The maximum atomic E-state index is 10.8. The molecular formula is C12H15ClN2O3. The fraction of sp³-hybridized carbons (Fsp3) is 0.500. The Labute approximate surface area is 110 Å². The summed E-state index contributed by atoms with van der Waals surface area (Å²) in [5, 5.41) is 23.5. The van der Waals surface area contributed by atoms with Crippen molar-refractivity contribution in [2.24, 2.45) is 0 Å². The zero-order valence-electron chi connectivity index (χ0n) is 10.1. The first-order chi connectivity index (χ1) is 8.47. The lowest BCUT2D eigenvalue weighted by Gasteiger charge is -2.42. The molecule has 6 heteroatoms. The molecule has 98 valence electrons. The van der Waals surface area contributed by atoms with Crippen LogP contribution in [0.5, 0.6) is 0 Å². The van der Waals surface area contributed by atoms with Crippen molar-refractivity contribution >= 4 is 23.0 Å². The third kappa shape index (κ3) is 2.28. The molecule has 0 radical (unpaired) electrons. The SMILES string of the molecule is Cc1cc([N+](=O)[O-])c(Cl)cc1NC1(CO)CCC1. The Hall–Kier alpha value is -1.33. The predicted molar refractivity (Wildman–Crippen MR) is 70.1 cm³/mol. The van der Waals surface area contributed by atoms with Crippen molar-refractivity contribution in [3.63, 3.8) is 0 Å². The number of halogens is 1. The lowest BCUT2D eigenvalue weighted by atomic mass is 9.77. The molecule has 0 spiro atoms. The van der Waals surface area contributed by atoms with E-state index >= 15 is 0 Å². The molecule has 0 saturated heterocycles. The Morgan fingerprint density at radius 1 is 1.56 bits per heavy atom. The van der Waals surface area contributed by atoms with Crippen LogP contribution < -0.4 is 5.32 Å². The first kappa shape index (κ1) is 13.1. The van der Waals surface area contributed by atoms with Gasteiger partial charge in [-0.3, -0.25) is 10.1 Å². The molecule has 0 heterocycles. The highest BCUT2D eigenvalue weighted by atomic mass is 35.5. The van der Waals surface area contributed by atoms with E-state index in [-0.39, 0.29) is 22.9 Å². The number of aliphatic hydroxyl groups excluding tert-OH is 1. The van der Waals surface area contributed by atoms with Gasteiger partial charge in [0.25, 0.3) is 5.69 Å². The average molecular weight is 271 g/mol. The fourth-order valence-electron chi connectivity index (χ4n) is 2.15. The van der Waals surface area contributed by atoms with Gasteiger partial charge in [0.15, 0.2) is 0 Å². The minimum atomic E-state index is -0.496. The standard InChI is InChI=1S/C12H15ClN2O3/c1-8-5-11(15(17)18)9(13)6-10(8)14-12(7-16)3-2-4-12/h5-6,14,16H,2-4,7H2,1H3. The monoisotopic (exact) mass is 270 g/mol. The van der Waals surface area contributed by atoms with E-state index in [2.05, 4.69) is 5.32 Å². The van der Waals surface area contributed by atoms with Gasteiger partial charge in [-0.25, -0.2) is 0 Å². The van der Waals surface area contributed by atoms with Crippen molar-refractivity contribution in [1.82, 2.24) is 0 Å². The van der Waals surface area contributed by atoms with Crippen LogP contribution in [0.2, 0.25) is 5.02 Å². The fourth-order valence-corrected chi connectivity index (χ4v) is 2.39. The Balaban J connectivity index is 2.29. The molecule has 1 saturated carbocycles. The molecule has 0 aromatic heterocycles. The number of aliphatic hydroxyl groups is 1. The van der Waals surface area contributed by atoms with Crippen LogP contribution in [0.25, 0.3) is 0 Å². The number of nitrogens with one attached hydrogen (secondary N) is 1. The summed E-state index contributed by atoms with van der Waals surface area (Å²) < 4.78 is 0. The number of nitro groups is 1. The summed E-state index contributed by atoms with van der Waals surface area (Å²) in [4.78, 5) is 10.3. The van der Waals surface area contributed by atoms with E-state index in [0.717, 1.165) is 30.5 Å². The van der Waals surface area contributed by atoms with Crippen molar-refractivity contribution in [3.8, 4) is 0 Å². The van der Waals surface area contributed by atoms with Crippen LogP contribution in [0.3, 0.4) is 0 Å². The van der Waals surface area contributed by atoms with Gasteiger partial charge in [-0.05, 0) is 37.8 Å². The number of nitrogens with zero attached hydrogens (tertiary/aromatic N) is 1. The van der Waals surface area contributed by atoms with Gasteiger partial charge in [0.1, 0.15) is 5.02 Å². The molecular weight excluding hydrogens is 256 g/mol. The van der Waals surface area contributed by atoms with Gasteiger partial charge in [0, 0.05) is 11.8 Å². The van der Waals surface area contributed by atoms with E-state index < -0.39 is 4.92 Å². The largest absolute Gasteiger partial charge is 0.394 e. The second-order valence-corrected chi connectivity index (χ2v) is 5.20. The van der Waals surface area contributed by atoms with Gasteiger partial charge in [0.2, 0.25) is 0 Å². The summed E-state index contributed by atoms with van der Waals surface area (Å²) in [6.07, 6.45) is 2.88. The molecule has 0 bridgehead atoms. The van der Waals surface area contributed by atoms with E-state index in [0.29, 0.717) is 0 Å². The third-order valence-electron chi connectivity index (χ3n) is 3.50. The van der Waals surface area contributed by atoms with Gasteiger partial charge in [-0.1, -0.05) is 11.6 Å². The Morgan fingerprint density at radius 3 is 2.67 bits per heavy atom. The van der Waals surface area contributed by atoms with E-state index in [1.165, 1.54) is 6.07 Å². The molecule has 0 amide bonds. The van der Waals surface area contributed by atoms with E-state index in [9.17, 15) is 15.2 Å². The van der Waals surface area contributed by atoms with E-state index in [1.807, 2.05) is 0 Å². The lowest BCUT2D eigenvalue weighted by molar-refractivity contribution is -0.384. The molecule has 1 aliphatic carbocycles. The van der Waals surface area contributed by atoms with Crippen molar-refractivity contribution in [3.05, 3.63) is 32.8 Å². The molecule has 5 nitrogen and oxygen atoms in total. The second-order valence-electron chi connectivity index (χ2n) is 4.79. The van der Waals surface area contributed by atoms with Gasteiger partial charge in [-0.15, -0.1) is 0 Å². The van der Waals surface area contributed by atoms with Crippen molar-refractivity contribution in [2.45, 2.75) is 31.7 Å². The minimum Gasteiger partial charge on any atom is -0.394 e. The number of benzene rings is 1. The summed E-state index contributed by atoms with van der Waals surface area (Å²) in [6.45, 7) is 1.84. The maximum Gasteiger partial charge on any atom is 0.288 e. The molecule has 1 aliphatic rings. The normalized spacial score (nSPS) is 17.1. The van der Waals surface area contributed by atoms with Crippen LogP contribution in [0, 0.1) is 17.0 Å². The van der Waals surface area contributed by atoms with Crippen LogP contribution in [-0.4, -0.2) is 22.2 Å². The minimum absolute atomic E-state index is 0.0566. The zero-order chi connectivity index (χ0) is 13.3. The van der Waals surface area contributed by atoms with Crippen molar-refractivity contribution in [2.75, 3.05) is 11.9 Å². The summed E-state index contributed by atoms with van der Waals surface area (Å²) in [5.74, 6) is 0. The highest BCUT2D eigenvalue weighted by Gasteiger charge is 2.36. The first-order valence-corrected chi connectivity index (χ1v) is 6.19. The number of hydrogen-bond donors (Lipinski definition) is 2. The highest BCUT2D eigenvalue weighted by Crippen LogP contribution is 2.38. The quantitative estimate of drug-likeness (QED) is 0.652. The molecule has 0 unspecified atom stereocenters. The Bertz CT molecular complexity index is 481. The van der Waals surface area contributed by atoms with Gasteiger partial charge < -0.3 is 10.4 Å². The van der Waals surface area contributed by atoms with Crippen LogP contribution >= 0.6 is 11.6 Å². The number of aryl methyl sites for hydroxylation is 1. The summed E-state index contributed by atoms with van der Waals surface area (Å²) in [5.41, 5.74) is 1.13. The first-order valence-electron chi connectivity index (χ1n) is 5.81. The lowest BCUT2D eigenvalue weighted by Crippen LogP contribution is -2.48. The van der Waals surface area contributed by atoms with Gasteiger partial charge in [-0.2, -0.15) is 0 Å². The Kier molecular flexibility index (Phi) is 3.45. The van der Waals surface area contributed by atoms with Gasteiger partial charge in [0.05, 0.1) is 17.1 Å². The van der Waals surface area contributed by atoms with Gasteiger partial charge >= 0.3 is 0 Å². The van der Waals surface area contributed by atoms with Crippen LogP contribution in [0.1, 0.15) is 24.8 Å². The molecule has 0 atom stereocenters. The van der Waals surface area contributed by atoms with Crippen molar-refractivity contribution in [1.29, 1.82) is 0 Å². The zero-order valence-corrected chi connectivity index (χ0v) is 10.8. The summed E-state index contributed by atoms with van der Waals surface area (Å²) in [6, 6.07) is 3.01. The molecule has 1 fully saturated rings. The second kappa shape index (κ2) is 4.74. The predicted octanol–water partition coefficient (Wildman–Crippen LogP) is 2.88. The molecule has 1 aromatic carbocycles. The Morgan fingerprint density at radius 2 is 2.22 bits per heavy atom. The summed E-state index contributed by atoms with van der Waals surface area (Å²) in [7, 11) is 0. The number of anilines is 1.